The number of hydrogen-bond acceptors (Lipinski definition) is 4. The second-order valence-electron chi connectivity index (χ2n) is 6.76. The van der Waals surface area contributed by atoms with Crippen LogP contribution in [0.3, 0.4) is 0 Å². The number of rotatable bonds is 5. The standard InChI is InChI=1S/C17H23N3O4S/c1-25(23,24)20-14-7-8-15(20)10-13(9-14)19-16(21)11-18-17(22)12-5-3-2-4-6-12/h2-6,13-15H,7-11H2,1H3,(H,18,22)(H,19,21). The quantitative estimate of drug-likeness (QED) is 0.794. The molecular formula is C17H23N3O4S. The smallest absolute Gasteiger partial charge is 0.251 e. The van der Waals surface area contributed by atoms with E-state index in [1.807, 2.05) is 6.07 Å². The van der Waals surface area contributed by atoms with Crippen LogP contribution in [0.4, 0.5) is 0 Å². The lowest BCUT2D eigenvalue weighted by atomic mass is 10.00. The minimum Gasteiger partial charge on any atom is -0.352 e. The maximum atomic E-state index is 12.1. The lowest BCUT2D eigenvalue weighted by molar-refractivity contribution is -0.121. The zero-order valence-electron chi connectivity index (χ0n) is 14.1. The van der Waals surface area contributed by atoms with Gasteiger partial charge >= 0.3 is 0 Å². The van der Waals surface area contributed by atoms with Crippen molar-refractivity contribution in [2.24, 2.45) is 0 Å². The maximum absolute atomic E-state index is 12.1. The molecule has 1 aromatic carbocycles. The molecule has 2 unspecified atom stereocenters. The Kier molecular flexibility index (Phi) is 5.10. The van der Waals surface area contributed by atoms with Crippen LogP contribution < -0.4 is 10.6 Å². The number of nitrogens with zero attached hydrogens (tertiary/aromatic N) is 1. The number of carbonyl (C=O) groups is 2. The normalized spacial score (nSPS) is 26.2. The molecule has 7 nitrogen and oxygen atoms in total. The minimum atomic E-state index is -3.20. The largest absolute Gasteiger partial charge is 0.352 e. The van der Waals surface area contributed by atoms with Gasteiger partial charge in [-0.25, -0.2) is 8.42 Å². The van der Waals surface area contributed by atoms with E-state index in [2.05, 4.69) is 10.6 Å². The summed E-state index contributed by atoms with van der Waals surface area (Å²) in [5.41, 5.74) is 0.509. The summed E-state index contributed by atoms with van der Waals surface area (Å²) in [6, 6.07) is 8.62. The fraction of sp³-hybridized carbons (Fsp3) is 0.529. The summed E-state index contributed by atoms with van der Waals surface area (Å²) in [7, 11) is -3.20. The molecule has 0 aromatic heterocycles. The molecule has 2 atom stereocenters. The molecule has 3 rings (SSSR count). The molecule has 0 spiro atoms. The predicted octanol–water partition coefficient (Wildman–Crippen LogP) is 0.488. The zero-order chi connectivity index (χ0) is 18.0. The molecule has 2 bridgehead atoms. The lowest BCUT2D eigenvalue weighted by Crippen LogP contribution is -2.53. The maximum Gasteiger partial charge on any atom is 0.251 e. The first-order valence-electron chi connectivity index (χ1n) is 8.45. The Morgan fingerprint density at radius 3 is 2.28 bits per heavy atom. The van der Waals surface area contributed by atoms with Gasteiger partial charge in [0.1, 0.15) is 0 Å². The molecule has 2 aliphatic heterocycles. The van der Waals surface area contributed by atoms with Gasteiger partial charge in [0.15, 0.2) is 0 Å². The third-order valence-corrected chi connectivity index (χ3v) is 6.22. The highest BCUT2D eigenvalue weighted by molar-refractivity contribution is 7.88. The van der Waals surface area contributed by atoms with Gasteiger partial charge in [-0.3, -0.25) is 9.59 Å². The number of piperidine rings is 1. The van der Waals surface area contributed by atoms with Crippen LogP contribution in [0.25, 0.3) is 0 Å². The van der Waals surface area contributed by atoms with E-state index in [0.717, 1.165) is 12.8 Å². The molecule has 2 saturated heterocycles. The summed E-state index contributed by atoms with van der Waals surface area (Å²) in [6.45, 7) is -0.0879. The van der Waals surface area contributed by atoms with Gasteiger partial charge in [-0.15, -0.1) is 0 Å². The number of sulfonamides is 1. The van der Waals surface area contributed by atoms with Crippen LogP contribution in [0.2, 0.25) is 0 Å². The van der Waals surface area contributed by atoms with Crippen molar-refractivity contribution in [3.63, 3.8) is 0 Å². The van der Waals surface area contributed by atoms with E-state index < -0.39 is 10.0 Å². The van der Waals surface area contributed by atoms with E-state index in [4.69, 9.17) is 0 Å². The first-order chi connectivity index (χ1) is 11.8. The lowest BCUT2D eigenvalue weighted by Gasteiger charge is -2.37. The number of carbonyl (C=O) groups excluding carboxylic acids is 2. The summed E-state index contributed by atoms with van der Waals surface area (Å²) in [5.74, 6) is -0.538. The van der Waals surface area contributed by atoms with Gasteiger partial charge < -0.3 is 10.6 Å². The van der Waals surface area contributed by atoms with Crippen molar-refractivity contribution in [3.05, 3.63) is 35.9 Å². The van der Waals surface area contributed by atoms with Gasteiger partial charge in [-0.1, -0.05) is 18.2 Å². The van der Waals surface area contributed by atoms with Crippen LogP contribution in [0.5, 0.6) is 0 Å². The Hall–Kier alpha value is -1.93. The van der Waals surface area contributed by atoms with Crippen LogP contribution in [0.15, 0.2) is 30.3 Å². The molecule has 2 fully saturated rings. The number of hydrogen-bond donors (Lipinski definition) is 2. The van der Waals surface area contributed by atoms with Gasteiger partial charge in [-0.2, -0.15) is 4.31 Å². The summed E-state index contributed by atoms with van der Waals surface area (Å²) in [4.78, 5) is 24.0. The van der Waals surface area contributed by atoms with Crippen molar-refractivity contribution in [2.75, 3.05) is 12.8 Å². The number of benzene rings is 1. The average molecular weight is 365 g/mol. The van der Waals surface area contributed by atoms with Crippen LogP contribution in [0.1, 0.15) is 36.0 Å². The number of amides is 2. The molecule has 1 aromatic rings. The molecule has 0 saturated carbocycles. The van der Waals surface area contributed by atoms with Gasteiger partial charge in [-0.05, 0) is 37.8 Å². The van der Waals surface area contributed by atoms with Crippen molar-refractivity contribution in [3.8, 4) is 0 Å². The highest BCUT2D eigenvalue weighted by atomic mass is 32.2. The second-order valence-corrected chi connectivity index (χ2v) is 8.65. The molecule has 25 heavy (non-hydrogen) atoms. The molecule has 2 heterocycles. The Balaban J connectivity index is 1.49. The van der Waals surface area contributed by atoms with E-state index in [9.17, 15) is 18.0 Å². The summed E-state index contributed by atoms with van der Waals surface area (Å²) in [6.07, 6.45) is 4.18. The van der Waals surface area contributed by atoms with Crippen molar-refractivity contribution in [1.29, 1.82) is 0 Å². The van der Waals surface area contributed by atoms with Crippen LogP contribution >= 0.6 is 0 Å². The van der Waals surface area contributed by atoms with Crippen LogP contribution in [0, 0.1) is 0 Å². The molecule has 136 valence electrons. The van der Waals surface area contributed by atoms with Gasteiger partial charge in [0.2, 0.25) is 15.9 Å². The zero-order valence-corrected chi connectivity index (χ0v) is 15.0. The summed E-state index contributed by atoms with van der Waals surface area (Å²) in [5, 5.41) is 5.53. The van der Waals surface area contributed by atoms with Gasteiger partial charge in [0.05, 0.1) is 12.8 Å². The second kappa shape index (κ2) is 7.13. The number of nitrogens with one attached hydrogen (secondary N) is 2. The summed E-state index contributed by atoms with van der Waals surface area (Å²) >= 11 is 0. The van der Waals surface area contributed by atoms with Gasteiger partial charge in [0, 0.05) is 23.7 Å². The van der Waals surface area contributed by atoms with Crippen molar-refractivity contribution >= 4 is 21.8 Å². The monoisotopic (exact) mass is 365 g/mol. The molecule has 0 aliphatic carbocycles. The SMILES string of the molecule is CS(=O)(=O)N1C2CCC1CC(NC(=O)CNC(=O)c1ccccc1)C2. The third kappa shape index (κ3) is 4.19. The minimum absolute atomic E-state index is 0.0297. The first kappa shape index (κ1) is 17.9. The predicted molar refractivity (Wildman–Crippen MR) is 93.4 cm³/mol. The molecule has 2 amide bonds. The Bertz CT molecular complexity index is 736. The van der Waals surface area contributed by atoms with Gasteiger partial charge in [0.25, 0.3) is 5.91 Å². The topological polar surface area (TPSA) is 95.6 Å². The fourth-order valence-electron chi connectivity index (χ4n) is 3.92. The number of fused-ring (bicyclic) bond motifs is 2. The van der Waals surface area contributed by atoms with Crippen LogP contribution in [-0.4, -0.2) is 55.5 Å². The highest BCUT2D eigenvalue weighted by Crippen LogP contribution is 2.37. The summed E-state index contributed by atoms with van der Waals surface area (Å²) < 4.78 is 25.4. The van der Waals surface area contributed by atoms with Crippen LogP contribution in [-0.2, 0) is 14.8 Å². The van der Waals surface area contributed by atoms with E-state index >= 15 is 0 Å². The van der Waals surface area contributed by atoms with E-state index in [0.29, 0.717) is 18.4 Å². The molecule has 2 aliphatic rings. The highest BCUT2D eigenvalue weighted by Gasteiger charge is 2.45. The Labute approximate surface area is 147 Å². The van der Waals surface area contributed by atoms with E-state index in [-0.39, 0.29) is 36.5 Å². The van der Waals surface area contributed by atoms with Crippen molar-refractivity contribution in [1.82, 2.24) is 14.9 Å². The molecule has 8 heteroatoms. The average Bonchev–Trinajstić information content (AvgIpc) is 2.86. The fourth-order valence-corrected chi connectivity index (χ4v) is 5.39. The van der Waals surface area contributed by atoms with E-state index in [1.54, 1.807) is 28.6 Å². The Morgan fingerprint density at radius 1 is 1.12 bits per heavy atom. The molecule has 0 radical (unpaired) electrons. The molecule has 2 N–H and O–H groups in total. The van der Waals surface area contributed by atoms with E-state index in [1.165, 1.54) is 6.26 Å². The molecular weight excluding hydrogens is 342 g/mol. The Morgan fingerprint density at radius 2 is 1.72 bits per heavy atom. The van der Waals surface area contributed by atoms with Crippen molar-refractivity contribution < 1.29 is 18.0 Å². The van der Waals surface area contributed by atoms with Crippen molar-refractivity contribution in [2.45, 2.75) is 43.8 Å². The third-order valence-electron chi connectivity index (χ3n) is 4.86. The first-order valence-corrected chi connectivity index (χ1v) is 10.3.